The highest BCUT2D eigenvalue weighted by Gasteiger charge is 2.36. The zero-order chi connectivity index (χ0) is 14.8. The molecule has 114 valence electrons. The molecule has 1 atom stereocenters. The molecular weight excluding hydrogens is 341 g/mol. The van der Waals surface area contributed by atoms with Crippen LogP contribution >= 0.6 is 15.9 Å². The average Bonchev–Trinajstić information content (AvgIpc) is 3.01. The zero-order valence-electron chi connectivity index (χ0n) is 11.6. The fourth-order valence-electron chi connectivity index (χ4n) is 2.91. The number of ether oxygens (including phenoxy) is 2. The average molecular weight is 358 g/mol. The summed E-state index contributed by atoms with van der Waals surface area (Å²) in [4.78, 5) is 14.6. The lowest BCUT2D eigenvalue weighted by Gasteiger charge is -2.38. The van der Waals surface area contributed by atoms with Crippen LogP contribution in [0.25, 0.3) is 0 Å². The maximum atomic E-state index is 13.2. The second-order valence-corrected chi connectivity index (χ2v) is 6.15. The normalized spacial score (nSPS) is 23.5. The summed E-state index contributed by atoms with van der Waals surface area (Å²) < 4.78 is 24.8. The van der Waals surface area contributed by atoms with Gasteiger partial charge in [-0.2, -0.15) is 0 Å². The van der Waals surface area contributed by atoms with E-state index in [0.29, 0.717) is 29.8 Å². The molecule has 2 aliphatic rings. The van der Waals surface area contributed by atoms with Gasteiger partial charge in [-0.05, 0) is 53.4 Å². The van der Waals surface area contributed by atoms with E-state index in [1.165, 1.54) is 18.2 Å². The molecule has 21 heavy (non-hydrogen) atoms. The van der Waals surface area contributed by atoms with Crippen molar-refractivity contribution >= 4 is 21.8 Å². The lowest BCUT2D eigenvalue weighted by Crippen LogP contribution is -2.50. The fourth-order valence-corrected chi connectivity index (χ4v) is 3.43. The van der Waals surface area contributed by atoms with Crippen LogP contribution in [0, 0.1) is 5.82 Å². The van der Waals surface area contributed by atoms with Gasteiger partial charge in [0.25, 0.3) is 5.91 Å². The monoisotopic (exact) mass is 357 g/mol. The third-order valence-corrected chi connectivity index (χ3v) is 4.59. The van der Waals surface area contributed by atoms with Gasteiger partial charge in [-0.1, -0.05) is 0 Å². The van der Waals surface area contributed by atoms with E-state index in [9.17, 15) is 9.18 Å². The predicted molar refractivity (Wildman–Crippen MR) is 78.5 cm³/mol. The Kier molecular flexibility index (Phi) is 4.57. The molecule has 2 saturated heterocycles. The molecule has 1 aromatic rings. The van der Waals surface area contributed by atoms with Gasteiger partial charge in [-0.15, -0.1) is 0 Å². The molecule has 0 aliphatic carbocycles. The molecule has 2 aliphatic heterocycles. The van der Waals surface area contributed by atoms with Crippen molar-refractivity contribution < 1.29 is 18.7 Å². The number of rotatable bonds is 2. The van der Waals surface area contributed by atoms with Crippen LogP contribution in [0.3, 0.4) is 0 Å². The molecule has 0 bridgehead atoms. The molecule has 0 radical (unpaired) electrons. The molecule has 0 N–H and O–H groups in total. The van der Waals surface area contributed by atoms with Crippen molar-refractivity contribution in [2.45, 2.75) is 31.6 Å². The summed E-state index contributed by atoms with van der Waals surface area (Å²) in [5.41, 5.74) is 0.473. The van der Waals surface area contributed by atoms with Crippen LogP contribution in [0.2, 0.25) is 0 Å². The van der Waals surface area contributed by atoms with Crippen LogP contribution in [-0.2, 0) is 9.47 Å². The number of likely N-dealkylation sites (tertiary alicyclic amines) is 1. The minimum absolute atomic E-state index is 0.0642. The molecule has 6 heteroatoms. The topological polar surface area (TPSA) is 38.8 Å². The van der Waals surface area contributed by atoms with E-state index in [-0.39, 0.29) is 24.1 Å². The third-order valence-electron chi connectivity index (χ3n) is 3.93. The minimum Gasteiger partial charge on any atom is -0.348 e. The molecule has 3 rings (SSSR count). The molecule has 1 unspecified atom stereocenters. The Morgan fingerprint density at radius 2 is 2.05 bits per heavy atom. The Labute approximate surface area is 131 Å². The third kappa shape index (κ3) is 3.12. The summed E-state index contributed by atoms with van der Waals surface area (Å²) >= 11 is 3.27. The summed E-state index contributed by atoms with van der Waals surface area (Å²) in [5, 5.41) is 0. The number of carbonyl (C=O) groups excluding carboxylic acids is 1. The van der Waals surface area contributed by atoms with E-state index >= 15 is 0 Å². The van der Waals surface area contributed by atoms with Crippen molar-refractivity contribution in [2.24, 2.45) is 0 Å². The van der Waals surface area contributed by atoms with Crippen molar-refractivity contribution in [3.05, 3.63) is 34.1 Å². The van der Waals surface area contributed by atoms with Crippen LogP contribution in [0.5, 0.6) is 0 Å². The highest BCUT2D eigenvalue weighted by molar-refractivity contribution is 9.10. The fraction of sp³-hybridized carbons (Fsp3) is 0.533. The first-order chi connectivity index (χ1) is 10.2. The molecule has 1 aromatic carbocycles. The first-order valence-electron chi connectivity index (χ1n) is 7.16. The van der Waals surface area contributed by atoms with Crippen LogP contribution < -0.4 is 0 Å². The number of amides is 1. The highest BCUT2D eigenvalue weighted by atomic mass is 79.9. The molecule has 0 saturated carbocycles. The van der Waals surface area contributed by atoms with Crippen molar-refractivity contribution in [1.29, 1.82) is 0 Å². The maximum Gasteiger partial charge on any atom is 0.255 e. The summed E-state index contributed by atoms with van der Waals surface area (Å²) in [6.45, 7) is 1.82. The molecule has 4 nitrogen and oxygen atoms in total. The Morgan fingerprint density at radius 3 is 2.76 bits per heavy atom. The van der Waals surface area contributed by atoms with Crippen molar-refractivity contribution in [2.75, 3.05) is 19.8 Å². The van der Waals surface area contributed by atoms with Crippen molar-refractivity contribution in [3.8, 4) is 0 Å². The Hall–Kier alpha value is -0.980. The van der Waals surface area contributed by atoms with Crippen LogP contribution in [0.15, 0.2) is 22.7 Å². The second-order valence-electron chi connectivity index (χ2n) is 5.30. The lowest BCUT2D eigenvalue weighted by atomic mass is 10.00. The number of carbonyl (C=O) groups is 1. The van der Waals surface area contributed by atoms with E-state index in [4.69, 9.17) is 9.47 Å². The quantitative estimate of drug-likeness (QED) is 0.816. The first-order valence-corrected chi connectivity index (χ1v) is 7.95. The van der Waals surface area contributed by atoms with Gasteiger partial charge in [0.2, 0.25) is 0 Å². The molecule has 0 aromatic heterocycles. The first kappa shape index (κ1) is 14.9. The van der Waals surface area contributed by atoms with Gasteiger partial charge in [0.05, 0.1) is 24.8 Å². The predicted octanol–water partition coefficient (Wildman–Crippen LogP) is 2.96. The van der Waals surface area contributed by atoms with Crippen molar-refractivity contribution in [3.63, 3.8) is 0 Å². The largest absolute Gasteiger partial charge is 0.348 e. The number of hydrogen-bond donors (Lipinski definition) is 0. The van der Waals surface area contributed by atoms with Gasteiger partial charge in [-0.3, -0.25) is 4.79 Å². The van der Waals surface area contributed by atoms with E-state index < -0.39 is 0 Å². The zero-order valence-corrected chi connectivity index (χ0v) is 13.1. The van der Waals surface area contributed by atoms with Gasteiger partial charge in [0, 0.05) is 11.0 Å². The van der Waals surface area contributed by atoms with E-state index in [1.807, 2.05) is 0 Å². The van der Waals surface area contributed by atoms with E-state index in [0.717, 1.165) is 19.3 Å². The van der Waals surface area contributed by atoms with Gasteiger partial charge >= 0.3 is 0 Å². The Balaban J connectivity index is 1.83. The number of piperidine rings is 1. The summed E-state index contributed by atoms with van der Waals surface area (Å²) in [5.74, 6) is -0.471. The highest BCUT2D eigenvalue weighted by Crippen LogP contribution is 2.28. The summed E-state index contributed by atoms with van der Waals surface area (Å²) in [6.07, 6.45) is 2.55. The molecule has 2 fully saturated rings. The smallest absolute Gasteiger partial charge is 0.255 e. The van der Waals surface area contributed by atoms with Crippen LogP contribution in [-0.4, -0.2) is 42.9 Å². The van der Waals surface area contributed by atoms with Crippen LogP contribution in [0.4, 0.5) is 4.39 Å². The Bertz CT molecular complexity index is 534. The summed E-state index contributed by atoms with van der Waals surface area (Å²) in [7, 11) is 0. The summed E-state index contributed by atoms with van der Waals surface area (Å²) in [6, 6.07) is 4.07. The molecule has 0 spiro atoms. The van der Waals surface area contributed by atoms with Crippen LogP contribution in [0.1, 0.15) is 29.6 Å². The number of hydrogen-bond acceptors (Lipinski definition) is 3. The standard InChI is InChI=1S/C15H17BrFNO3/c16-12-9-10(17)4-5-11(12)14(19)18-6-2-1-3-13(18)15-20-7-8-21-15/h4-5,9,13,15H,1-3,6-8H2. The van der Waals surface area contributed by atoms with Crippen molar-refractivity contribution in [1.82, 2.24) is 4.90 Å². The SMILES string of the molecule is O=C(c1ccc(F)cc1Br)N1CCCCC1C1OCCO1. The van der Waals surface area contributed by atoms with Gasteiger partial charge in [0.15, 0.2) is 6.29 Å². The number of nitrogens with zero attached hydrogens (tertiary/aromatic N) is 1. The van der Waals surface area contributed by atoms with Gasteiger partial charge in [0.1, 0.15) is 5.82 Å². The van der Waals surface area contributed by atoms with Gasteiger partial charge in [-0.25, -0.2) is 4.39 Å². The molecule has 2 heterocycles. The minimum atomic E-state index is -0.365. The molecule has 1 amide bonds. The number of benzene rings is 1. The Morgan fingerprint density at radius 1 is 1.29 bits per heavy atom. The lowest BCUT2D eigenvalue weighted by molar-refractivity contribution is -0.100. The maximum absolute atomic E-state index is 13.2. The van der Waals surface area contributed by atoms with E-state index in [1.54, 1.807) is 4.90 Å². The molecular formula is C15H17BrFNO3. The van der Waals surface area contributed by atoms with E-state index in [2.05, 4.69) is 15.9 Å². The van der Waals surface area contributed by atoms with Gasteiger partial charge < -0.3 is 14.4 Å². The second kappa shape index (κ2) is 6.42. The number of halogens is 2.